The first kappa shape index (κ1) is 16.1. The van der Waals surface area contributed by atoms with Gasteiger partial charge in [-0.15, -0.1) is 0 Å². The number of likely N-dealkylation sites (tertiary alicyclic amines) is 1. The highest BCUT2D eigenvalue weighted by atomic mass is 32.2. The van der Waals surface area contributed by atoms with Crippen molar-refractivity contribution in [2.75, 3.05) is 32.1 Å². The summed E-state index contributed by atoms with van der Waals surface area (Å²) in [7, 11) is 1.81. The molecule has 1 rings (SSSR count). The van der Waals surface area contributed by atoms with E-state index >= 15 is 0 Å². The molecule has 1 aliphatic rings. The summed E-state index contributed by atoms with van der Waals surface area (Å²) < 4.78 is 0. The summed E-state index contributed by atoms with van der Waals surface area (Å²) in [5.41, 5.74) is -0.794. The van der Waals surface area contributed by atoms with Crippen LogP contribution in [0, 0.1) is 5.41 Å². The lowest BCUT2D eigenvalue weighted by Crippen LogP contribution is -2.47. The zero-order chi connectivity index (χ0) is 14.6. The topological polar surface area (TPSA) is 60.9 Å². The molecule has 1 heterocycles. The number of hydrogen-bond acceptors (Lipinski definition) is 3. The Morgan fingerprint density at radius 3 is 2.58 bits per heavy atom. The number of urea groups is 1. The van der Waals surface area contributed by atoms with Crippen molar-refractivity contribution in [3.63, 3.8) is 0 Å². The smallest absolute Gasteiger partial charge is 0.320 e. The van der Waals surface area contributed by atoms with Gasteiger partial charge in [0.2, 0.25) is 0 Å². The van der Waals surface area contributed by atoms with Crippen molar-refractivity contribution in [2.24, 2.45) is 5.41 Å². The Morgan fingerprint density at radius 1 is 1.53 bits per heavy atom. The Morgan fingerprint density at radius 2 is 2.16 bits per heavy atom. The fraction of sp³-hybridized carbons (Fsp3) is 0.846. The Kier molecular flexibility index (Phi) is 5.52. The van der Waals surface area contributed by atoms with Gasteiger partial charge >= 0.3 is 12.0 Å². The number of carbonyl (C=O) groups excluding carboxylic acids is 1. The molecule has 1 fully saturated rings. The summed E-state index contributed by atoms with van der Waals surface area (Å²) >= 11 is 1.72. The van der Waals surface area contributed by atoms with Crippen LogP contribution in [0.2, 0.25) is 0 Å². The molecule has 110 valence electrons. The van der Waals surface area contributed by atoms with Crippen LogP contribution >= 0.6 is 11.8 Å². The van der Waals surface area contributed by atoms with E-state index in [-0.39, 0.29) is 12.1 Å². The van der Waals surface area contributed by atoms with Gasteiger partial charge in [-0.3, -0.25) is 4.79 Å². The molecule has 6 heteroatoms. The number of aliphatic carboxylic acids is 1. The van der Waals surface area contributed by atoms with E-state index in [0.717, 1.165) is 12.2 Å². The molecule has 1 aliphatic heterocycles. The largest absolute Gasteiger partial charge is 0.481 e. The summed E-state index contributed by atoms with van der Waals surface area (Å²) in [4.78, 5) is 27.0. The Labute approximate surface area is 119 Å². The summed E-state index contributed by atoms with van der Waals surface area (Å²) in [5, 5.41) is 9.20. The zero-order valence-electron chi connectivity index (χ0n) is 12.2. The molecular formula is C13H24N2O3S. The quantitative estimate of drug-likeness (QED) is 0.840. The average molecular weight is 288 g/mol. The minimum atomic E-state index is -0.818. The van der Waals surface area contributed by atoms with Crippen LogP contribution in [-0.4, -0.2) is 65.1 Å². The lowest BCUT2D eigenvalue weighted by molar-refractivity contribution is -0.147. The molecular weight excluding hydrogens is 264 g/mol. The number of amides is 2. The van der Waals surface area contributed by atoms with E-state index in [2.05, 4.69) is 6.92 Å². The minimum Gasteiger partial charge on any atom is -0.481 e. The molecule has 0 aliphatic carbocycles. The number of carbonyl (C=O) groups is 2. The number of nitrogens with zero attached hydrogens (tertiary/aromatic N) is 2. The molecule has 0 radical (unpaired) electrons. The Hall–Kier alpha value is -0.910. The standard InChI is InChI=1S/C13H24N2O3S/c1-5-10(8-19-4)14(3)12(18)15-7-6-13(2,9-15)11(16)17/h10H,5-9H2,1-4H3,(H,16,17). The SMILES string of the molecule is CCC(CSC)N(C)C(=O)N1CCC(C)(C(=O)O)C1. The van der Waals surface area contributed by atoms with Crippen LogP contribution in [0.15, 0.2) is 0 Å². The second kappa shape index (κ2) is 6.50. The van der Waals surface area contributed by atoms with Gasteiger partial charge in [-0.25, -0.2) is 4.79 Å². The van der Waals surface area contributed by atoms with Gasteiger partial charge in [-0.1, -0.05) is 6.92 Å². The van der Waals surface area contributed by atoms with Gasteiger partial charge in [-0.05, 0) is 26.0 Å². The van der Waals surface area contributed by atoms with Gasteiger partial charge in [0.05, 0.1) is 5.41 Å². The maximum absolute atomic E-state index is 12.4. The lowest BCUT2D eigenvalue weighted by Gasteiger charge is -2.31. The van der Waals surface area contributed by atoms with Crippen molar-refractivity contribution in [2.45, 2.75) is 32.7 Å². The average Bonchev–Trinajstić information content (AvgIpc) is 2.78. The molecule has 0 aromatic heterocycles. The van der Waals surface area contributed by atoms with Gasteiger partial charge in [0, 0.05) is 31.9 Å². The van der Waals surface area contributed by atoms with E-state index in [1.807, 2.05) is 13.3 Å². The molecule has 5 nitrogen and oxygen atoms in total. The highest BCUT2D eigenvalue weighted by molar-refractivity contribution is 7.98. The van der Waals surface area contributed by atoms with Crippen LogP contribution < -0.4 is 0 Å². The third-order valence-electron chi connectivity index (χ3n) is 3.94. The molecule has 2 amide bonds. The third-order valence-corrected chi connectivity index (χ3v) is 4.66. The summed E-state index contributed by atoms with van der Waals surface area (Å²) in [6.45, 7) is 4.61. The number of thioether (sulfide) groups is 1. The van der Waals surface area contributed by atoms with Gasteiger partial charge in [-0.2, -0.15) is 11.8 Å². The summed E-state index contributed by atoms with van der Waals surface area (Å²) in [6.07, 6.45) is 3.46. The third kappa shape index (κ3) is 3.55. The molecule has 2 unspecified atom stereocenters. The predicted octanol–water partition coefficient (Wildman–Crippen LogP) is 1.98. The van der Waals surface area contributed by atoms with Gasteiger partial charge in [0.25, 0.3) is 0 Å². The number of carboxylic acids is 1. The lowest BCUT2D eigenvalue weighted by atomic mass is 9.90. The minimum absolute atomic E-state index is 0.0501. The first-order valence-electron chi connectivity index (χ1n) is 6.59. The normalized spacial score (nSPS) is 24.3. The van der Waals surface area contributed by atoms with Crippen molar-refractivity contribution < 1.29 is 14.7 Å². The zero-order valence-corrected chi connectivity index (χ0v) is 13.0. The van der Waals surface area contributed by atoms with E-state index in [9.17, 15) is 14.7 Å². The highest BCUT2D eigenvalue weighted by Gasteiger charge is 2.43. The first-order valence-corrected chi connectivity index (χ1v) is 7.99. The summed E-state index contributed by atoms with van der Waals surface area (Å²) in [6, 6.07) is 0.157. The van der Waals surface area contributed by atoms with Crippen LogP contribution in [0.5, 0.6) is 0 Å². The Balaban J connectivity index is 2.66. The van der Waals surface area contributed by atoms with E-state index in [4.69, 9.17) is 0 Å². The van der Waals surface area contributed by atoms with Crippen LogP contribution in [-0.2, 0) is 4.79 Å². The second-order valence-corrected chi connectivity index (χ2v) is 6.36. The van der Waals surface area contributed by atoms with Crippen molar-refractivity contribution in [1.82, 2.24) is 9.80 Å². The number of rotatable bonds is 5. The second-order valence-electron chi connectivity index (χ2n) is 5.45. The Bertz CT molecular complexity index is 351. The van der Waals surface area contributed by atoms with E-state index < -0.39 is 11.4 Å². The molecule has 0 spiro atoms. The number of hydrogen-bond donors (Lipinski definition) is 1. The van der Waals surface area contributed by atoms with Crippen LogP contribution in [0.4, 0.5) is 4.79 Å². The van der Waals surface area contributed by atoms with Gasteiger partial charge in [0.15, 0.2) is 0 Å². The summed E-state index contributed by atoms with van der Waals surface area (Å²) in [5.74, 6) is 0.0876. The fourth-order valence-corrected chi connectivity index (χ4v) is 3.22. The molecule has 1 N–H and O–H groups in total. The van der Waals surface area contributed by atoms with Gasteiger partial charge in [0.1, 0.15) is 0 Å². The van der Waals surface area contributed by atoms with E-state index in [0.29, 0.717) is 19.5 Å². The molecule has 1 saturated heterocycles. The molecule has 2 atom stereocenters. The van der Waals surface area contributed by atoms with Crippen molar-refractivity contribution in [1.29, 1.82) is 0 Å². The first-order chi connectivity index (χ1) is 8.85. The van der Waals surface area contributed by atoms with Crippen LogP contribution in [0.1, 0.15) is 26.7 Å². The molecule has 0 bridgehead atoms. The van der Waals surface area contributed by atoms with Gasteiger partial charge < -0.3 is 14.9 Å². The van der Waals surface area contributed by atoms with E-state index in [1.54, 1.807) is 28.5 Å². The maximum Gasteiger partial charge on any atom is 0.320 e. The molecule has 0 saturated carbocycles. The van der Waals surface area contributed by atoms with Crippen LogP contribution in [0.25, 0.3) is 0 Å². The fourth-order valence-electron chi connectivity index (χ4n) is 2.37. The monoisotopic (exact) mass is 288 g/mol. The van der Waals surface area contributed by atoms with Crippen molar-refractivity contribution in [3.05, 3.63) is 0 Å². The van der Waals surface area contributed by atoms with E-state index in [1.165, 1.54) is 0 Å². The van der Waals surface area contributed by atoms with Crippen molar-refractivity contribution >= 4 is 23.8 Å². The molecule has 19 heavy (non-hydrogen) atoms. The van der Waals surface area contributed by atoms with Crippen molar-refractivity contribution in [3.8, 4) is 0 Å². The van der Waals surface area contributed by atoms with Crippen LogP contribution in [0.3, 0.4) is 0 Å². The predicted molar refractivity (Wildman–Crippen MR) is 77.6 cm³/mol. The molecule has 0 aromatic rings. The number of carboxylic acid groups (broad SMARTS) is 1. The molecule has 0 aromatic carbocycles. The maximum atomic E-state index is 12.4. The highest BCUT2D eigenvalue weighted by Crippen LogP contribution is 2.30.